The monoisotopic (exact) mass is 252 g/mol. The van der Waals surface area contributed by atoms with Crippen LogP contribution in [0.25, 0.3) is 0 Å². The molecule has 0 spiro atoms. The first-order valence-electron chi connectivity index (χ1n) is 6.21. The number of rotatable bonds is 4. The smallest absolute Gasteiger partial charge is 0.165 e. The molecule has 1 aliphatic rings. The van der Waals surface area contributed by atoms with Crippen LogP contribution >= 0.6 is 0 Å². The minimum Gasteiger partial charge on any atom is -0.488 e. The Hall–Kier alpha value is -1.42. The number of ketones is 1. The van der Waals surface area contributed by atoms with Gasteiger partial charge in [-0.15, -0.1) is 0 Å². The van der Waals surface area contributed by atoms with Gasteiger partial charge in [0, 0.05) is 12.2 Å². The van der Waals surface area contributed by atoms with Crippen molar-refractivity contribution in [2.75, 3.05) is 13.2 Å². The van der Waals surface area contributed by atoms with Crippen molar-refractivity contribution in [2.24, 2.45) is 0 Å². The Morgan fingerprint density at radius 2 is 2.33 bits per heavy atom. The van der Waals surface area contributed by atoms with E-state index >= 15 is 0 Å². The van der Waals surface area contributed by atoms with E-state index in [2.05, 4.69) is 0 Å². The normalized spacial score (nSPS) is 19.6. The number of halogens is 1. The Kier molecular flexibility index (Phi) is 4.31. The summed E-state index contributed by atoms with van der Waals surface area (Å²) in [5.74, 6) is -0.483. The number of benzene rings is 1. The van der Waals surface area contributed by atoms with Crippen LogP contribution in [0.1, 0.15) is 36.5 Å². The maximum Gasteiger partial charge on any atom is 0.165 e. The van der Waals surface area contributed by atoms with Crippen molar-refractivity contribution in [1.82, 2.24) is 0 Å². The van der Waals surface area contributed by atoms with Gasteiger partial charge < -0.3 is 9.47 Å². The molecule has 2 rings (SSSR count). The summed E-state index contributed by atoms with van der Waals surface area (Å²) in [4.78, 5) is 11.1. The van der Waals surface area contributed by atoms with Crippen molar-refractivity contribution < 1.29 is 18.7 Å². The summed E-state index contributed by atoms with van der Waals surface area (Å²) in [6.45, 7) is 2.52. The Labute approximate surface area is 106 Å². The third-order valence-electron chi connectivity index (χ3n) is 3.04. The highest BCUT2D eigenvalue weighted by Crippen LogP contribution is 2.20. The highest BCUT2D eigenvalue weighted by Gasteiger charge is 2.15. The van der Waals surface area contributed by atoms with Crippen LogP contribution in [0.2, 0.25) is 0 Å². The molecule has 1 atom stereocenters. The average molecular weight is 252 g/mol. The molecule has 4 heteroatoms. The predicted molar refractivity (Wildman–Crippen MR) is 65.5 cm³/mol. The van der Waals surface area contributed by atoms with Crippen LogP contribution in [0.4, 0.5) is 4.39 Å². The first kappa shape index (κ1) is 13.0. The zero-order chi connectivity index (χ0) is 13.0. The molecule has 1 aromatic carbocycles. The van der Waals surface area contributed by atoms with Crippen molar-refractivity contribution in [1.29, 1.82) is 0 Å². The van der Waals surface area contributed by atoms with E-state index in [-0.39, 0.29) is 17.6 Å². The summed E-state index contributed by atoms with van der Waals surface area (Å²) in [6, 6.07) is 4.27. The van der Waals surface area contributed by atoms with E-state index in [1.807, 2.05) is 0 Å². The van der Waals surface area contributed by atoms with Gasteiger partial charge in [0.05, 0.1) is 6.10 Å². The lowest BCUT2D eigenvalue weighted by molar-refractivity contribution is -0.0117. The van der Waals surface area contributed by atoms with E-state index in [1.165, 1.54) is 19.1 Å². The number of ether oxygens (including phenoxy) is 2. The highest BCUT2D eigenvalue weighted by atomic mass is 19.1. The molecule has 0 bridgehead atoms. The van der Waals surface area contributed by atoms with Gasteiger partial charge in [-0.1, -0.05) is 0 Å². The topological polar surface area (TPSA) is 35.5 Å². The van der Waals surface area contributed by atoms with E-state index < -0.39 is 5.82 Å². The van der Waals surface area contributed by atoms with Crippen molar-refractivity contribution in [3.8, 4) is 5.75 Å². The number of hydrogen-bond donors (Lipinski definition) is 0. The van der Waals surface area contributed by atoms with Crippen LogP contribution in [-0.4, -0.2) is 25.1 Å². The standard InChI is InChI=1S/C14H17FO3/c1-10(16)11-5-6-14(13(15)8-11)18-9-12-4-2-3-7-17-12/h5-6,8,12H,2-4,7,9H2,1H3/t12-/m0/s1. The zero-order valence-corrected chi connectivity index (χ0v) is 10.4. The first-order valence-corrected chi connectivity index (χ1v) is 6.21. The zero-order valence-electron chi connectivity index (χ0n) is 10.4. The second-order valence-corrected chi connectivity index (χ2v) is 4.50. The van der Waals surface area contributed by atoms with Crippen molar-refractivity contribution in [3.05, 3.63) is 29.6 Å². The number of hydrogen-bond acceptors (Lipinski definition) is 3. The summed E-state index contributed by atoms with van der Waals surface area (Å²) < 4.78 is 24.5. The molecule has 0 unspecified atom stereocenters. The Morgan fingerprint density at radius 3 is 2.94 bits per heavy atom. The molecular formula is C14H17FO3. The van der Waals surface area contributed by atoms with Crippen LogP contribution in [0.3, 0.4) is 0 Å². The number of Topliss-reactive ketones (excluding diaryl/α,β-unsaturated/α-hetero) is 1. The van der Waals surface area contributed by atoms with Gasteiger partial charge >= 0.3 is 0 Å². The molecule has 1 aromatic rings. The summed E-state index contributed by atoms with van der Waals surface area (Å²) in [5.41, 5.74) is 0.355. The van der Waals surface area contributed by atoms with Gasteiger partial charge in [0.2, 0.25) is 0 Å². The van der Waals surface area contributed by atoms with Gasteiger partial charge in [-0.3, -0.25) is 4.79 Å². The summed E-state index contributed by atoms with van der Waals surface area (Å²) >= 11 is 0. The number of carbonyl (C=O) groups excluding carboxylic acids is 1. The molecule has 0 radical (unpaired) electrons. The van der Waals surface area contributed by atoms with Gasteiger partial charge in [-0.2, -0.15) is 0 Å². The third-order valence-corrected chi connectivity index (χ3v) is 3.04. The van der Waals surface area contributed by atoms with Crippen LogP contribution in [0, 0.1) is 5.82 Å². The largest absolute Gasteiger partial charge is 0.488 e. The van der Waals surface area contributed by atoms with Crippen LogP contribution in [0.15, 0.2) is 18.2 Å². The molecule has 3 nitrogen and oxygen atoms in total. The fraction of sp³-hybridized carbons (Fsp3) is 0.500. The molecule has 1 heterocycles. The molecule has 0 aliphatic carbocycles. The fourth-order valence-corrected chi connectivity index (χ4v) is 1.96. The maximum absolute atomic E-state index is 13.6. The SMILES string of the molecule is CC(=O)c1ccc(OC[C@@H]2CCCCO2)c(F)c1. The highest BCUT2D eigenvalue weighted by molar-refractivity contribution is 5.94. The molecular weight excluding hydrogens is 235 g/mol. The molecule has 1 aliphatic heterocycles. The van der Waals surface area contributed by atoms with Gasteiger partial charge in [-0.05, 0) is 44.4 Å². The average Bonchev–Trinajstić information content (AvgIpc) is 2.38. The van der Waals surface area contributed by atoms with Crippen molar-refractivity contribution in [2.45, 2.75) is 32.3 Å². The lowest BCUT2D eigenvalue weighted by Gasteiger charge is -2.22. The van der Waals surface area contributed by atoms with Crippen molar-refractivity contribution in [3.63, 3.8) is 0 Å². The van der Waals surface area contributed by atoms with Crippen LogP contribution in [0.5, 0.6) is 5.75 Å². The van der Waals surface area contributed by atoms with Gasteiger partial charge in [0.15, 0.2) is 17.3 Å². The summed E-state index contributed by atoms with van der Waals surface area (Å²) in [7, 11) is 0. The predicted octanol–water partition coefficient (Wildman–Crippen LogP) is 2.98. The van der Waals surface area contributed by atoms with E-state index in [1.54, 1.807) is 6.07 Å². The van der Waals surface area contributed by atoms with Crippen LogP contribution < -0.4 is 4.74 Å². The molecule has 1 saturated heterocycles. The molecule has 0 aromatic heterocycles. The summed E-state index contributed by atoms with van der Waals surface area (Å²) in [5, 5.41) is 0. The Morgan fingerprint density at radius 1 is 1.50 bits per heavy atom. The minimum absolute atomic E-state index is 0.0469. The Balaban J connectivity index is 1.94. The maximum atomic E-state index is 13.6. The van der Waals surface area contributed by atoms with Crippen LogP contribution in [-0.2, 0) is 4.74 Å². The molecule has 1 fully saturated rings. The minimum atomic E-state index is -0.501. The van der Waals surface area contributed by atoms with Crippen molar-refractivity contribution >= 4 is 5.78 Å². The van der Waals surface area contributed by atoms with Gasteiger partial charge in [-0.25, -0.2) is 4.39 Å². The second-order valence-electron chi connectivity index (χ2n) is 4.50. The van der Waals surface area contributed by atoms with Gasteiger partial charge in [0.1, 0.15) is 6.61 Å². The number of carbonyl (C=O) groups is 1. The molecule has 0 N–H and O–H groups in total. The van der Waals surface area contributed by atoms with E-state index in [9.17, 15) is 9.18 Å². The molecule has 18 heavy (non-hydrogen) atoms. The summed E-state index contributed by atoms with van der Waals surface area (Å²) in [6.07, 6.45) is 3.20. The molecule has 0 amide bonds. The quantitative estimate of drug-likeness (QED) is 0.773. The fourth-order valence-electron chi connectivity index (χ4n) is 1.96. The van der Waals surface area contributed by atoms with E-state index in [0.717, 1.165) is 25.9 Å². The lowest BCUT2D eigenvalue weighted by Crippen LogP contribution is -2.26. The first-order chi connectivity index (χ1) is 8.66. The second kappa shape index (κ2) is 5.96. The molecule has 98 valence electrons. The third kappa shape index (κ3) is 3.29. The lowest BCUT2D eigenvalue weighted by atomic mass is 10.1. The Bertz CT molecular complexity index is 425. The van der Waals surface area contributed by atoms with E-state index in [4.69, 9.17) is 9.47 Å². The van der Waals surface area contributed by atoms with Gasteiger partial charge in [0.25, 0.3) is 0 Å². The van der Waals surface area contributed by atoms with E-state index in [0.29, 0.717) is 12.2 Å². The molecule has 0 saturated carbocycles.